The Morgan fingerprint density at radius 2 is 1.90 bits per heavy atom. The van der Waals surface area contributed by atoms with Gasteiger partial charge in [-0.2, -0.15) is 5.26 Å². The average molecular weight is 413 g/mol. The zero-order valence-corrected chi connectivity index (χ0v) is 17.8. The summed E-state index contributed by atoms with van der Waals surface area (Å²) in [7, 11) is 3.56. The number of hydrogen-bond donors (Lipinski definition) is 1. The number of rotatable bonds is 10. The second-order valence-corrected chi connectivity index (χ2v) is 7.58. The Balaban J connectivity index is 2.12. The van der Waals surface area contributed by atoms with Crippen molar-refractivity contribution in [3.05, 3.63) is 70.5 Å². The van der Waals surface area contributed by atoms with E-state index in [9.17, 15) is 19.6 Å². The third kappa shape index (κ3) is 6.12. The molecule has 0 fully saturated rings. The zero-order valence-electron chi connectivity index (χ0n) is 17.8. The van der Waals surface area contributed by atoms with Gasteiger partial charge in [-0.25, -0.2) is 4.39 Å². The smallest absolute Gasteiger partial charge is 0.306 e. The summed E-state index contributed by atoms with van der Waals surface area (Å²) in [6, 6.07) is 13.3. The van der Waals surface area contributed by atoms with Gasteiger partial charge >= 0.3 is 5.97 Å². The molecule has 0 aromatic heterocycles. The molecule has 0 bridgehead atoms. The predicted octanol–water partition coefficient (Wildman–Crippen LogP) is 4.27. The first-order chi connectivity index (χ1) is 14.3. The van der Waals surface area contributed by atoms with Gasteiger partial charge in [0.15, 0.2) is 0 Å². The van der Waals surface area contributed by atoms with Crippen LogP contribution in [0.2, 0.25) is 0 Å². The van der Waals surface area contributed by atoms with Gasteiger partial charge in [0.05, 0.1) is 11.6 Å². The van der Waals surface area contributed by atoms with Crippen molar-refractivity contribution in [2.24, 2.45) is 0 Å². The van der Waals surface area contributed by atoms with E-state index >= 15 is 0 Å². The SMILES string of the molecule is CCCC(=O)OCc1cc(C#N)ccc1CCCC(O)(c1ccc(F)cc1)N(C)C. The Morgan fingerprint density at radius 3 is 2.50 bits per heavy atom. The normalized spacial score (nSPS) is 13.0. The molecule has 1 unspecified atom stereocenters. The molecule has 1 atom stereocenters. The first kappa shape index (κ1) is 23.5. The number of carbonyl (C=O) groups is 1. The minimum atomic E-state index is -1.23. The molecule has 2 aromatic carbocycles. The highest BCUT2D eigenvalue weighted by Crippen LogP contribution is 2.30. The topological polar surface area (TPSA) is 73.6 Å². The molecule has 6 heteroatoms. The highest BCUT2D eigenvalue weighted by atomic mass is 19.1. The number of aliphatic hydroxyl groups is 1. The first-order valence-electron chi connectivity index (χ1n) is 10.1. The van der Waals surface area contributed by atoms with E-state index in [0.29, 0.717) is 36.8 Å². The van der Waals surface area contributed by atoms with Gasteiger partial charge in [0.2, 0.25) is 0 Å². The number of esters is 1. The quantitative estimate of drug-likeness (QED) is 0.466. The Morgan fingerprint density at radius 1 is 1.20 bits per heavy atom. The van der Waals surface area contributed by atoms with Gasteiger partial charge in [-0.05, 0) is 80.7 Å². The van der Waals surface area contributed by atoms with E-state index in [4.69, 9.17) is 4.74 Å². The van der Waals surface area contributed by atoms with Crippen LogP contribution in [0.5, 0.6) is 0 Å². The van der Waals surface area contributed by atoms with Gasteiger partial charge in [-0.1, -0.05) is 25.1 Å². The summed E-state index contributed by atoms with van der Waals surface area (Å²) in [5.41, 5.74) is 1.68. The molecule has 5 nitrogen and oxygen atoms in total. The Hall–Kier alpha value is -2.75. The molecule has 0 aliphatic rings. The van der Waals surface area contributed by atoms with E-state index < -0.39 is 5.72 Å². The van der Waals surface area contributed by atoms with Crippen molar-refractivity contribution in [2.45, 2.75) is 51.4 Å². The van der Waals surface area contributed by atoms with Crippen LogP contribution in [0.25, 0.3) is 0 Å². The summed E-state index contributed by atoms with van der Waals surface area (Å²) in [5.74, 6) is -0.608. The molecular weight excluding hydrogens is 383 g/mol. The van der Waals surface area contributed by atoms with Crippen molar-refractivity contribution in [1.29, 1.82) is 5.26 Å². The van der Waals surface area contributed by atoms with Crippen LogP contribution < -0.4 is 0 Å². The van der Waals surface area contributed by atoms with Crippen molar-refractivity contribution >= 4 is 5.97 Å². The molecule has 30 heavy (non-hydrogen) atoms. The van der Waals surface area contributed by atoms with Crippen LogP contribution >= 0.6 is 0 Å². The maximum absolute atomic E-state index is 13.3. The van der Waals surface area contributed by atoms with Crippen molar-refractivity contribution in [3.63, 3.8) is 0 Å². The molecule has 160 valence electrons. The average Bonchev–Trinajstić information content (AvgIpc) is 2.73. The van der Waals surface area contributed by atoms with Gasteiger partial charge in [0, 0.05) is 6.42 Å². The fourth-order valence-electron chi connectivity index (χ4n) is 3.38. The molecular formula is C24H29FN2O3. The summed E-state index contributed by atoms with van der Waals surface area (Å²) in [5, 5.41) is 20.4. The van der Waals surface area contributed by atoms with E-state index in [0.717, 1.165) is 17.5 Å². The molecule has 0 aliphatic carbocycles. The van der Waals surface area contributed by atoms with Gasteiger partial charge in [0.1, 0.15) is 18.1 Å². The monoisotopic (exact) mass is 412 g/mol. The molecule has 0 aliphatic heterocycles. The van der Waals surface area contributed by atoms with Crippen LogP contribution in [0.1, 0.15) is 54.9 Å². The largest absolute Gasteiger partial charge is 0.461 e. The summed E-state index contributed by atoms with van der Waals surface area (Å²) < 4.78 is 18.6. The molecule has 0 radical (unpaired) electrons. The predicted molar refractivity (Wildman–Crippen MR) is 113 cm³/mol. The Labute approximate surface area is 177 Å². The second-order valence-electron chi connectivity index (χ2n) is 7.58. The minimum Gasteiger partial charge on any atom is -0.461 e. The van der Waals surface area contributed by atoms with E-state index in [1.807, 2.05) is 13.0 Å². The van der Waals surface area contributed by atoms with Crippen molar-refractivity contribution in [1.82, 2.24) is 4.90 Å². The van der Waals surface area contributed by atoms with Crippen molar-refractivity contribution in [2.75, 3.05) is 14.1 Å². The summed E-state index contributed by atoms with van der Waals surface area (Å²) >= 11 is 0. The third-order valence-electron chi connectivity index (χ3n) is 5.20. The van der Waals surface area contributed by atoms with Crippen LogP contribution in [0.15, 0.2) is 42.5 Å². The standard InChI is InChI=1S/C24H29FN2O3/c1-4-6-23(28)30-17-20-15-18(16-26)8-9-19(20)7-5-14-24(29,27(2)3)21-10-12-22(25)13-11-21/h8-13,15,29H,4-7,14,17H2,1-3H3. The van der Waals surface area contributed by atoms with Crippen LogP contribution in [-0.4, -0.2) is 30.1 Å². The fraction of sp³-hybridized carbons (Fsp3) is 0.417. The van der Waals surface area contributed by atoms with E-state index in [1.54, 1.807) is 43.3 Å². The number of aryl methyl sites for hydroxylation is 1. The molecule has 0 spiro atoms. The Bertz CT molecular complexity index is 890. The van der Waals surface area contributed by atoms with Crippen LogP contribution in [-0.2, 0) is 28.3 Å². The molecule has 0 saturated heterocycles. The molecule has 0 amide bonds. The highest BCUT2D eigenvalue weighted by Gasteiger charge is 2.31. The maximum Gasteiger partial charge on any atom is 0.306 e. The van der Waals surface area contributed by atoms with Gasteiger partial charge in [-0.3, -0.25) is 9.69 Å². The van der Waals surface area contributed by atoms with Crippen molar-refractivity contribution < 1.29 is 19.0 Å². The lowest BCUT2D eigenvalue weighted by molar-refractivity contribution is -0.145. The second kappa shape index (κ2) is 10.9. The van der Waals surface area contributed by atoms with Gasteiger partial charge < -0.3 is 9.84 Å². The number of nitrogens with zero attached hydrogens (tertiary/aromatic N) is 2. The molecule has 0 saturated carbocycles. The van der Waals surface area contributed by atoms with E-state index in [-0.39, 0.29) is 18.4 Å². The zero-order chi connectivity index (χ0) is 22.1. The van der Waals surface area contributed by atoms with E-state index in [1.165, 1.54) is 12.1 Å². The lowest BCUT2D eigenvalue weighted by atomic mass is 9.93. The summed E-state index contributed by atoms with van der Waals surface area (Å²) in [6.45, 7) is 2.04. The lowest BCUT2D eigenvalue weighted by Gasteiger charge is -2.35. The van der Waals surface area contributed by atoms with Crippen LogP contribution in [0.3, 0.4) is 0 Å². The highest BCUT2D eigenvalue weighted by molar-refractivity contribution is 5.69. The molecule has 0 heterocycles. The maximum atomic E-state index is 13.3. The number of ether oxygens (including phenoxy) is 1. The third-order valence-corrected chi connectivity index (χ3v) is 5.20. The number of halogens is 1. The Kier molecular flexibility index (Phi) is 8.52. The van der Waals surface area contributed by atoms with Crippen molar-refractivity contribution in [3.8, 4) is 6.07 Å². The number of hydrogen-bond acceptors (Lipinski definition) is 5. The molecule has 2 aromatic rings. The summed E-state index contributed by atoms with van der Waals surface area (Å²) in [4.78, 5) is 13.4. The van der Waals surface area contributed by atoms with Gasteiger partial charge in [-0.15, -0.1) is 0 Å². The van der Waals surface area contributed by atoms with Crippen LogP contribution in [0.4, 0.5) is 4.39 Å². The lowest BCUT2D eigenvalue weighted by Crippen LogP contribution is -2.41. The van der Waals surface area contributed by atoms with Gasteiger partial charge in [0.25, 0.3) is 0 Å². The number of nitriles is 1. The number of benzene rings is 2. The number of carbonyl (C=O) groups excluding carboxylic acids is 1. The minimum absolute atomic E-state index is 0.125. The fourth-order valence-corrected chi connectivity index (χ4v) is 3.38. The van der Waals surface area contributed by atoms with E-state index in [2.05, 4.69) is 6.07 Å². The summed E-state index contributed by atoms with van der Waals surface area (Å²) in [6.07, 6.45) is 2.80. The first-order valence-corrected chi connectivity index (χ1v) is 10.1. The molecule has 1 N–H and O–H groups in total. The molecule has 2 rings (SSSR count). The van der Waals surface area contributed by atoms with Crippen LogP contribution in [0, 0.1) is 17.1 Å².